The molecule has 0 aliphatic heterocycles. The molecular formula is C11H21N3O2S. The molecule has 1 rings (SSSR count). The maximum atomic E-state index is 12.0. The number of H-pyrrole nitrogens is 1. The number of aromatic amines is 1. The molecule has 0 bridgehead atoms. The van der Waals surface area contributed by atoms with E-state index in [-0.39, 0.29) is 11.1 Å². The number of hydrogen-bond donors (Lipinski definition) is 2. The van der Waals surface area contributed by atoms with E-state index in [0.717, 1.165) is 19.3 Å². The third-order valence-electron chi connectivity index (χ3n) is 2.58. The van der Waals surface area contributed by atoms with Gasteiger partial charge in [-0.3, -0.25) is 0 Å². The number of aromatic nitrogens is 2. The van der Waals surface area contributed by atoms with Crippen LogP contribution in [0.3, 0.4) is 0 Å². The quantitative estimate of drug-likeness (QED) is 0.784. The topological polar surface area (TPSA) is 74.8 Å². The zero-order chi connectivity index (χ0) is 12.9. The van der Waals surface area contributed by atoms with E-state index < -0.39 is 10.0 Å². The molecule has 17 heavy (non-hydrogen) atoms. The maximum absolute atomic E-state index is 12.0. The number of imidazole rings is 1. The van der Waals surface area contributed by atoms with E-state index in [1.165, 1.54) is 6.20 Å². The van der Waals surface area contributed by atoms with Crippen LogP contribution in [0.25, 0.3) is 0 Å². The molecular weight excluding hydrogens is 238 g/mol. The van der Waals surface area contributed by atoms with Crippen LogP contribution in [-0.2, 0) is 16.4 Å². The Morgan fingerprint density at radius 2 is 2.18 bits per heavy atom. The van der Waals surface area contributed by atoms with Crippen LogP contribution >= 0.6 is 0 Å². The van der Waals surface area contributed by atoms with Gasteiger partial charge in [-0.05, 0) is 13.3 Å². The molecule has 2 N–H and O–H groups in total. The second kappa shape index (κ2) is 6.16. The van der Waals surface area contributed by atoms with E-state index in [1.54, 1.807) is 0 Å². The van der Waals surface area contributed by atoms with Crippen molar-refractivity contribution >= 4 is 10.0 Å². The van der Waals surface area contributed by atoms with E-state index in [1.807, 2.05) is 13.8 Å². The van der Waals surface area contributed by atoms with Crippen LogP contribution in [0.1, 0.15) is 45.9 Å². The van der Waals surface area contributed by atoms with Crippen LogP contribution in [0.4, 0.5) is 0 Å². The predicted molar refractivity (Wildman–Crippen MR) is 67.3 cm³/mol. The van der Waals surface area contributed by atoms with Crippen molar-refractivity contribution in [1.29, 1.82) is 0 Å². The summed E-state index contributed by atoms with van der Waals surface area (Å²) in [6, 6.07) is -0.0478. The monoisotopic (exact) mass is 259 g/mol. The van der Waals surface area contributed by atoms with Crippen molar-refractivity contribution in [3.63, 3.8) is 0 Å². The van der Waals surface area contributed by atoms with Gasteiger partial charge < -0.3 is 4.98 Å². The number of nitrogens with zero attached hydrogens (tertiary/aromatic N) is 1. The first-order valence-corrected chi connectivity index (χ1v) is 7.54. The third-order valence-corrected chi connectivity index (χ3v) is 4.08. The molecule has 98 valence electrons. The third kappa shape index (κ3) is 4.12. The molecule has 0 aliphatic carbocycles. The van der Waals surface area contributed by atoms with Gasteiger partial charge in [-0.25, -0.2) is 18.1 Å². The average Bonchev–Trinajstić information content (AvgIpc) is 2.75. The second-order valence-electron chi connectivity index (χ2n) is 4.21. The number of rotatable bonds is 7. The van der Waals surface area contributed by atoms with Crippen LogP contribution < -0.4 is 4.72 Å². The zero-order valence-electron chi connectivity index (χ0n) is 10.7. The van der Waals surface area contributed by atoms with Gasteiger partial charge in [0.2, 0.25) is 0 Å². The maximum Gasteiger partial charge on any atom is 0.257 e. The number of unbranched alkanes of at least 4 members (excludes halogenated alkanes) is 1. The van der Waals surface area contributed by atoms with Gasteiger partial charge in [0, 0.05) is 12.5 Å². The Bertz CT molecular complexity index is 439. The molecule has 0 radical (unpaired) electrons. The first-order chi connectivity index (χ1) is 7.99. The molecule has 0 spiro atoms. The normalized spacial score (nSPS) is 13.8. The number of aryl methyl sites for hydroxylation is 1. The lowest BCUT2D eigenvalue weighted by Crippen LogP contribution is -2.32. The molecule has 1 aromatic rings. The Morgan fingerprint density at radius 3 is 2.71 bits per heavy atom. The molecule has 1 atom stereocenters. The van der Waals surface area contributed by atoms with E-state index in [2.05, 4.69) is 21.6 Å². The SMILES string of the molecule is CCCCC(C)NS(=O)(=O)c1cnc(CC)[nH]1. The second-order valence-corrected chi connectivity index (χ2v) is 5.89. The van der Waals surface area contributed by atoms with Gasteiger partial charge in [0.25, 0.3) is 10.0 Å². The first-order valence-electron chi connectivity index (χ1n) is 6.05. The highest BCUT2D eigenvalue weighted by molar-refractivity contribution is 7.89. The molecule has 0 saturated heterocycles. The lowest BCUT2D eigenvalue weighted by Gasteiger charge is -2.12. The molecule has 1 heterocycles. The van der Waals surface area contributed by atoms with Crippen molar-refractivity contribution in [1.82, 2.24) is 14.7 Å². The van der Waals surface area contributed by atoms with Crippen LogP contribution in [0.15, 0.2) is 11.2 Å². The highest BCUT2D eigenvalue weighted by Gasteiger charge is 2.19. The minimum atomic E-state index is -3.45. The standard InChI is InChI=1S/C11H21N3O2S/c1-4-6-7-9(3)14-17(15,16)11-8-12-10(5-2)13-11/h8-9,14H,4-7H2,1-3H3,(H,12,13). The summed E-state index contributed by atoms with van der Waals surface area (Å²) in [6.45, 7) is 5.89. The van der Waals surface area contributed by atoms with Crippen molar-refractivity contribution in [2.45, 2.75) is 57.5 Å². The lowest BCUT2D eigenvalue weighted by atomic mass is 10.2. The highest BCUT2D eigenvalue weighted by Crippen LogP contribution is 2.09. The molecule has 6 heteroatoms. The largest absolute Gasteiger partial charge is 0.332 e. The minimum absolute atomic E-state index is 0.0478. The van der Waals surface area contributed by atoms with Crippen molar-refractivity contribution in [2.75, 3.05) is 0 Å². The van der Waals surface area contributed by atoms with E-state index in [4.69, 9.17) is 0 Å². The number of sulfonamides is 1. The van der Waals surface area contributed by atoms with Gasteiger partial charge in [-0.15, -0.1) is 0 Å². The Labute approximate surface area is 103 Å². The van der Waals surface area contributed by atoms with E-state index in [0.29, 0.717) is 12.2 Å². The fourth-order valence-corrected chi connectivity index (χ4v) is 2.78. The first kappa shape index (κ1) is 14.2. The summed E-state index contributed by atoms with van der Waals surface area (Å²) in [5.74, 6) is 0.687. The predicted octanol–water partition coefficient (Wildman–Crippen LogP) is 1.83. The van der Waals surface area contributed by atoms with Crippen molar-refractivity contribution in [2.24, 2.45) is 0 Å². The van der Waals surface area contributed by atoms with Gasteiger partial charge in [-0.2, -0.15) is 0 Å². The van der Waals surface area contributed by atoms with Crippen LogP contribution in [0.2, 0.25) is 0 Å². The molecule has 0 amide bonds. The average molecular weight is 259 g/mol. The van der Waals surface area contributed by atoms with Crippen molar-refractivity contribution in [3.05, 3.63) is 12.0 Å². The lowest BCUT2D eigenvalue weighted by molar-refractivity contribution is 0.532. The fraction of sp³-hybridized carbons (Fsp3) is 0.727. The summed E-state index contributed by atoms with van der Waals surface area (Å²) < 4.78 is 26.6. The smallest absolute Gasteiger partial charge is 0.257 e. The molecule has 5 nitrogen and oxygen atoms in total. The Morgan fingerprint density at radius 1 is 1.47 bits per heavy atom. The summed E-state index contributed by atoms with van der Waals surface area (Å²) in [5, 5.41) is 0.151. The summed E-state index contributed by atoms with van der Waals surface area (Å²) in [4.78, 5) is 6.80. The van der Waals surface area contributed by atoms with Gasteiger partial charge in [0.15, 0.2) is 5.03 Å². The molecule has 0 fully saturated rings. The van der Waals surface area contributed by atoms with Gasteiger partial charge in [0.1, 0.15) is 5.82 Å². The van der Waals surface area contributed by atoms with Crippen LogP contribution in [-0.4, -0.2) is 24.4 Å². The molecule has 1 aromatic heterocycles. The molecule has 0 aliphatic rings. The Kier molecular flexibility index (Phi) is 5.14. The van der Waals surface area contributed by atoms with E-state index >= 15 is 0 Å². The minimum Gasteiger partial charge on any atom is -0.332 e. The van der Waals surface area contributed by atoms with Gasteiger partial charge >= 0.3 is 0 Å². The summed E-state index contributed by atoms with van der Waals surface area (Å²) in [6.07, 6.45) is 5.00. The van der Waals surface area contributed by atoms with Crippen molar-refractivity contribution < 1.29 is 8.42 Å². The Balaban J connectivity index is 2.68. The van der Waals surface area contributed by atoms with Gasteiger partial charge in [0.05, 0.1) is 6.20 Å². The molecule has 1 unspecified atom stereocenters. The van der Waals surface area contributed by atoms with Crippen molar-refractivity contribution in [3.8, 4) is 0 Å². The van der Waals surface area contributed by atoms with Crippen LogP contribution in [0.5, 0.6) is 0 Å². The van der Waals surface area contributed by atoms with Gasteiger partial charge in [-0.1, -0.05) is 26.7 Å². The highest BCUT2D eigenvalue weighted by atomic mass is 32.2. The summed E-state index contributed by atoms with van der Waals surface area (Å²) in [5.41, 5.74) is 0. The molecule has 0 saturated carbocycles. The summed E-state index contributed by atoms with van der Waals surface area (Å²) in [7, 11) is -3.45. The van der Waals surface area contributed by atoms with E-state index in [9.17, 15) is 8.42 Å². The van der Waals surface area contributed by atoms with Crippen LogP contribution in [0, 0.1) is 0 Å². The number of hydrogen-bond acceptors (Lipinski definition) is 3. The number of nitrogens with one attached hydrogen (secondary N) is 2. The fourth-order valence-electron chi connectivity index (χ4n) is 1.56. The molecule has 0 aromatic carbocycles. The summed E-state index contributed by atoms with van der Waals surface area (Å²) >= 11 is 0. The zero-order valence-corrected chi connectivity index (χ0v) is 11.5. The Hall–Kier alpha value is -0.880.